The van der Waals surface area contributed by atoms with Crippen LogP contribution in [0, 0.1) is 5.82 Å². The highest BCUT2D eigenvalue weighted by Crippen LogP contribution is 2.18. The van der Waals surface area contributed by atoms with Crippen molar-refractivity contribution in [3.63, 3.8) is 0 Å². The summed E-state index contributed by atoms with van der Waals surface area (Å²) < 4.78 is 13.4. The van der Waals surface area contributed by atoms with Gasteiger partial charge in [0.05, 0.1) is 5.71 Å². The van der Waals surface area contributed by atoms with Gasteiger partial charge in [-0.25, -0.2) is 4.39 Å². The number of nitrogens with two attached hydrogens (primary N) is 2. The number of rotatable bonds is 2. The van der Waals surface area contributed by atoms with E-state index in [-0.39, 0.29) is 11.8 Å². The van der Waals surface area contributed by atoms with Crippen LogP contribution in [0.15, 0.2) is 32.9 Å². The minimum absolute atomic E-state index is 0.118. The van der Waals surface area contributed by atoms with Gasteiger partial charge in [0.1, 0.15) is 5.82 Å². The minimum atomic E-state index is -0.319. The summed E-state index contributed by atoms with van der Waals surface area (Å²) in [5.74, 6) is -0.437. The van der Waals surface area contributed by atoms with Crippen molar-refractivity contribution < 1.29 is 4.39 Å². The third-order valence-electron chi connectivity index (χ3n) is 1.64. The molecule has 0 bridgehead atoms. The molecule has 1 aromatic carbocycles. The summed E-state index contributed by atoms with van der Waals surface area (Å²) in [6, 6.07) is 4.29. The van der Waals surface area contributed by atoms with Gasteiger partial charge in [-0.3, -0.25) is 0 Å². The van der Waals surface area contributed by atoms with Gasteiger partial charge in [-0.2, -0.15) is 5.10 Å². The van der Waals surface area contributed by atoms with E-state index < -0.39 is 0 Å². The molecule has 0 aromatic heterocycles. The zero-order chi connectivity index (χ0) is 11.4. The molecule has 0 atom stereocenters. The lowest BCUT2D eigenvalue weighted by molar-refractivity contribution is 0.627. The molecule has 0 aliphatic rings. The van der Waals surface area contributed by atoms with Gasteiger partial charge in [0.15, 0.2) is 0 Å². The van der Waals surface area contributed by atoms with Crippen LogP contribution < -0.4 is 11.5 Å². The molecule has 6 heteroatoms. The molecule has 0 saturated carbocycles. The molecule has 0 unspecified atom stereocenters. The first-order chi connectivity index (χ1) is 7.00. The molecule has 4 N–H and O–H groups in total. The van der Waals surface area contributed by atoms with Crippen LogP contribution in [-0.4, -0.2) is 11.7 Å². The molecule has 0 amide bonds. The zero-order valence-electron chi connectivity index (χ0n) is 8.04. The Kier molecular flexibility index (Phi) is 3.79. The van der Waals surface area contributed by atoms with Gasteiger partial charge in [-0.05, 0) is 25.1 Å². The molecule has 4 nitrogen and oxygen atoms in total. The van der Waals surface area contributed by atoms with E-state index in [9.17, 15) is 4.39 Å². The fraction of sp³-hybridized carbons (Fsp3) is 0.111. The molecule has 0 radical (unpaired) electrons. The Labute approximate surface area is 95.0 Å². The largest absolute Gasteiger partial charge is 0.369 e. The quantitative estimate of drug-likeness (QED) is 0.487. The number of hydrogen-bond donors (Lipinski definition) is 2. The first-order valence-corrected chi connectivity index (χ1v) is 4.88. The Morgan fingerprint density at radius 3 is 2.53 bits per heavy atom. The maximum Gasteiger partial charge on any atom is 0.211 e. The van der Waals surface area contributed by atoms with E-state index >= 15 is 0 Å². The van der Waals surface area contributed by atoms with Gasteiger partial charge in [0.25, 0.3) is 0 Å². The average molecular weight is 273 g/mol. The number of benzene rings is 1. The van der Waals surface area contributed by atoms with Crippen molar-refractivity contribution in [2.75, 3.05) is 0 Å². The Morgan fingerprint density at radius 1 is 1.33 bits per heavy atom. The van der Waals surface area contributed by atoms with Gasteiger partial charge in [0.2, 0.25) is 5.96 Å². The lowest BCUT2D eigenvalue weighted by Gasteiger charge is -2.02. The summed E-state index contributed by atoms with van der Waals surface area (Å²) in [5.41, 5.74) is 11.6. The van der Waals surface area contributed by atoms with Crippen LogP contribution in [0.1, 0.15) is 12.5 Å². The molecule has 0 spiro atoms. The van der Waals surface area contributed by atoms with Crippen molar-refractivity contribution in [3.05, 3.63) is 34.1 Å². The van der Waals surface area contributed by atoms with Gasteiger partial charge in [-0.1, -0.05) is 15.9 Å². The van der Waals surface area contributed by atoms with Crippen LogP contribution >= 0.6 is 15.9 Å². The number of hydrogen-bond acceptors (Lipinski definition) is 2. The predicted molar refractivity (Wildman–Crippen MR) is 62.1 cm³/mol. The second-order valence-corrected chi connectivity index (χ2v) is 3.69. The molecule has 1 rings (SSSR count). The van der Waals surface area contributed by atoms with E-state index in [1.54, 1.807) is 13.0 Å². The molecule has 0 aliphatic carbocycles. The van der Waals surface area contributed by atoms with Crippen LogP contribution in [-0.2, 0) is 0 Å². The minimum Gasteiger partial charge on any atom is -0.369 e. The van der Waals surface area contributed by atoms with Gasteiger partial charge < -0.3 is 11.5 Å². The summed E-state index contributed by atoms with van der Waals surface area (Å²) in [5, 5.41) is 7.30. The summed E-state index contributed by atoms with van der Waals surface area (Å²) in [6.45, 7) is 1.73. The standard InChI is InChI=1S/C9H10BrFN4/c1-5(14-15-9(12)13)7-3-2-6(11)4-8(7)10/h2-4H,1H3,(H4,12,13,15)/b14-5-. The molecular formula is C9H10BrFN4. The molecular weight excluding hydrogens is 263 g/mol. The summed E-state index contributed by atoms with van der Waals surface area (Å²) in [6.07, 6.45) is 0. The SMILES string of the molecule is C/C(=N/N=C(N)N)c1ccc(F)cc1Br. The topological polar surface area (TPSA) is 76.8 Å². The van der Waals surface area contributed by atoms with Crippen molar-refractivity contribution >= 4 is 27.6 Å². The van der Waals surface area contributed by atoms with Gasteiger partial charge >= 0.3 is 0 Å². The normalized spacial score (nSPS) is 11.3. The fourth-order valence-electron chi connectivity index (χ4n) is 0.969. The van der Waals surface area contributed by atoms with Crippen molar-refractivity contribution in [3.8, 4) is 0 Å². The molecule has 0 heterocycles. The first kappa shape index (κ1) is 11.6. The lowest BCUT2D eigenvalue weighted by Crippen LogP contribution is -2.22. The van der Waals surface area contributed by atoms with Crippen molar-refractivity contribution in [1.82, 2.24) is 0 Å². The van der Waals surface area contributed by atoms with Crippen molar-refractivity contribution in [2.45, 2.75) is 6.92 Å². The average Bonchev–Trinajstić information content (AvgIpc) is 2.14. The molecule has 0 fully saturated rings. The van der Waals surface area contributed by atoms with Gasteiger partial charge in [-0.15, -0.1) is 5.10 Å². The van der Waals surface area contributed by atoms with E-state index in [0.29, 0.717) is 10.2 Å². The highest BCUT2D eigenvalue weighted by molar-refractivity contribution is 9.10. The summed E-state index contributed by atoms with van der Waals surface area (Å²) >= 11 is 3.22. The highest BCUT2D eigenvalue weighted by atomic mass is 79.9. The Morgan fingerprint density at radius 2 is 2.00 bits per heavy atom. The maximum absolute atomic E-state index is 12.8. The predicted octanol–water partition coefficient (Wildman–Crippen LogP) is 1.59. The van der Waals surface area contributed by atoms with Crippen LogP contribution in [0.3, 0.4) is 0 Å². The summed E-state index contributed by atoms with van der Waals surface area (Å²) in [7, 11) is 0. The van der Waals surface area contributed by atoms with Crippen LogP contribution in [0.25, 0.3) is 0 Å². The number of nitrogens with zero attached hydrogens (tertiary/aromatic N) is 2. The van der Waals surface area contributed by atoms with Crippen LogP contribution in [0.2, 0.25) is 0 Å². The van der Waals surface area contributed by atoms with Crippen molar-refractivity contribution in [2.24, 2.45) is 21.7 Å². The van der Waals surface area contributed by atoms with E-state index in [1.807, 2.05) is 0 Å². The molecule has 15 heavy (non-hydrogen) atoms. The molecule has 80 valence electrons. The second-order valence-electron chi connectivity index (χ2n) is 2.83. The van der Waals surface area contributed by atoms with E-state index in [1.165, 1.54) is 12.1 Å². The second kappa shape index (κ2) is 4.88. The van der Waals surface area contributed by atoms with E-state index in [4.69, 9.17) is 11.5 Å². The van der Waals surface area contributed by atoms with Crippen LogP contribution in [0.5, 0.6) is 0 Å². The Hall–Kier alpha value is -1.43. The molecule has 0 saturated heterocycles. The summed E-state index contributed by atoms with van der Waals surface area (Å²) in [4.78, 5) is 0. The van der Waals surface area contributed by atoms with Crippen LogP contribution in [0.4, 0.5) is 4.39 Å². The highest BCUT2D eigenvalue weighted by Gasteiger charge is 2.04. The lowest BCUT2D eigenvalue weighted by atomic mass is 10.1. The van der Waals surface area contributed by atoms with E-state index in [2.05, 4.69) is 26.1 Å². The smallest absolute Gasteiger partial charge is 0.211 e. The third kappa shape index (κ3) is 3.32. The van der Waals surface area contributed by atoms with Gasteiger partial charge in [0, 0.05) is 10.0 Å². The Balaban J connectivity index is 3.06. The number of halogens is 2. The molecule has 0 aliphatic heterocycles. The maximum atomic E-state index is 12.8. The zero-order valence-corrected chi connectivity index (χ0v) is 9.62. The Bertz CT molecular complexity index is 424. The third-order valence-corrected chi connectivity index (χ3v) is 2.29. The van der Waals surface area contributed by atoms with Crippen molar-refractivity contribution in [1.29, 1.82) is 0 Å². The van der Waals surface area contributed by atoms with E-state index in [0.717, 1.165) is 5.56 Å². The molecule has 1 aromatic rings. The monoisotopic (exact) mass is 272 g/mol. The first-order valence-electron chi connectivity index (χ1n) is 4.09. The number of guanidine groups is 1. The fourth-order valence-corrected chi connectivity index (χ4v) is 1.61.